The van der Waals surface area contributed by atoms with Crippen LogP contribution < -0.4 is 10.6 Å². The van der Waals surface area contributed by atoms with E-state index in [4.69, 9.17) is 0 Å². The van der Waals surface area contributed by atoms with Crippen molar-refractivity contribution in [2.24, 2.45) is 0 Å². The number of carbonyl (C=O) groups excluding carboxylic acids is 1. The lowest BCUT2D eigenvalue weighted by atomic mass is 9.99. The van der Waals surface area contributed by atoms with Crippen molar-refractivity contribution in [1.29, 1.82) is 0 Å². The largest absolute Gasteiger partial charge is 0.363 e. The van der Waals surface area contributed by atoms with Crippen molar-refractivity contribution >= 4 is 23.4 Å². The third-order valence-corrected chi connectivity index (χ3v) is 5.89. The molecule has 2 aromatic rings. The van der Waals surface area contributed by atoms with E-state index in [0.29, 0.717) is 19.0 Å². The normalized spacial score (nSPS) is 16.0. The fraction of sp³-hybridized carbons (Fsp3) is 0.480. The summed E-state index contributed by atoms with van der Waals surface area (Å²) in [6.45, 7) is 9.10. The molecule has 1 unspecified atom stereocenters. The zero-order valence-corrected chi connectivity index (χ0v) is 19.2. The first-order valence-corrected chi connectivity index (χ1v) is 11.6. The maximum atomic E-state index is 14.4. The molecule has 0 spiro atoms. The summed E-state index contributed by atoms with van der Waals surface area (Å²) < 4.78 is 14.4. The Bertz CT molecular complexity index is 933. The van der Waals surface area contributed by atoms with Gasteiger partial charge in [-0.05, 0) is 61.4 Å². The molecule has 7 heteroatoms. The highest BCUT2D eigenvalue weighted by Gasteiger charge is 2.23. The van der Waals surface area contributed by atoms with Gasteiger partial charge in [-0.25, -0.2) is 9.37 Å². The highest BCUT2D eigenvalue weighted by molar-refractivity contribution is 5.87. The van der Waals surface area contributed by atoms with Crippen molar-refractivity contribution in [3.05, 3.63) is 54.0 Å². The van der Waals surface area contributed by atoms with Crippen molar-refractivity contribution in [2.45, 2.75) is 64.8 Å². The predicted octanol–water partition coefficient (Wildman–Crippen LogP) is 5.24. The topological polar surface area (TPSA) is 70.2 Å². The number of amides is 1. The average molecular weight is 440 g/mol. The summed E-state index contributed by atoms with van der Waals surface area (Å²) in [6.07, 6.45) is 9.87. The lowest BCUT2D eigenvalue weighted by Crippen LogP contribution is -2.44. The number of aryl methyl sites for hydroxylation is 2. The number of unbranched alkanes of at least 4 members (excludes halogenated alkanes) is 2. The Morgan fingerprint density at radius 2 is 2.16 bits per heavy atom. The summed E-state index contributed by atoms with van der Waals surface area (Å²) in [5.74, 6) is -0.132. The molecule has 1 fully saturated rings. The van der Waals surface area contributed by atoms with Gasteiger partial charge in [-0.3, -0.25) is 4.79 Å². The van der Waals surface area contributed by atoms with Gasteiger partial charge in [-0.15, -0.1) is 0 Å². The second-order valence-corrected chi connectivity index (χ2v) is 8.28. The van der Waals surface area contributed by atoms with E-state index in [1.807, 2.05) is 6.07 Å². The van der Waals surface area contributed by atoms with Crippen molar-refractivity contribution in [3.8, 4) is 0 Å². The van der Waals surface area contributed by atoms with Crippen molar-refractivity contribution in [2.75, 3.05) is 23.7 Å². The molecule has 1 aliphatic rings. The van der Waals surface area contributed by atoms with Gasteiger partial charge in [0.2, 0.25) is 11.9 Å². The van der Waals surface area contributed by atoms with Gasteiger partial charge in [0.15, 0.2) is 11.6 Å². The fourth-order valence-electron chi connectivity index (χ4n) is 4.12. The van der Waals surface area contributed by atoms with Gasteiger partial charge in [0.25, 0.3) is 0 Å². The van der Waals surface area contributed by atoms with E-state index in [1.54, 1.807) is 4.90 Å². The number of piperidine rings is 1. The number of hydrogen-bond acceptors (Lipinski definition) is 5. The Kier molecular flexibility index (Phi) is 8.59. The van der Waals surface area contributed by atoms with E-state index in [9.17, 15) is 9.18 Å². The first-order valence-electron chi connectivity index (χ1n) is 11.6. The summed E-state index contributed by atoms with van der Waals surface area (Å²) in [7, 11) is 0. The second-order valence-electron chi connectivity index (χ2n) is 8.28. The fourth-order valence-corrected chi connectivity index (χ4v) is 4.12. The molecule has 2 N–H and O–H groups in total. The summed E-state index contributed by atoms with van der Waals surface area (Å²) in [5.41, 5.74) is 3.57. The standard InChI is InChI=1S/C25H34FN5O/c1-4-7-8-10-19-12-13-20(15-18(19)5-2)29-25-27-16-22(26)24(30-25)28-21-11-9-14-31(17-21)23(32)6-3/h6,12-13,15-16,21H,3-5,7-11,14,17H2,1-2H3,(H2,27,28,29,30). The average Bonchev–Trinajstić information content (AvgIpc) is 2.81. The summed E-state index contributed by atoms with van der Waals surface area (Å²) in [5, 5.41) is 6.36. The Hall–Kier alpha value is -2.96. The molecule has 0 bridgehead atoms. The molecule has 0 aliphatic carbocycles. The van der Waals surface area contributed by atoms with E-state index in [2.05, 4.69) is 53.2 Å². The maximum absolute atomic E-state index is 14.4. The molecule has 1 aromatic heterocycles. The number of hydrogen-bond donors (Lipinski definition) is 2. The van der Waals surface area contributed by atoms with Crippen LogP contribution in [0, 0.1) is 5.82 Å². The number of benzene rings is 1. The van der Waals surface area contributed by atoms with Crippen LogP contribution in [-0.2, 0) is 17.6 Å². The molecule has 1 aromatic carbocycles. The van der Waals surface area contributed by atoms with Gasteiger partial charge < -0.3 is 15.5 Å². The van der Waals surface area contributed by atoms with Crippen molar-refractivity contribution in [3.63, 3.8) is 0 Å². The van der Waals surface area contributed by atoms with Gasteiger partial charge in [-0.1, -0.05) is 39.3 Å². The molecule has 2 heterocycles. The number of rotatable bonds is 10. The van der Waals surface area contributed by atoms with Crippen molar-refractivity contribution < 1.29 is 9.18 Å². The van der Waals surface area contributed by atoms with Crippen LogP contribution in [0.3, 0.4) is 0 Å². The molecule has 1 saturated heterocycles. The predicted molar refractivity (Wildman–Crippen MR) is 128 cm³/mol. The van der Waals surface area contributed by atoms with Gasteiger partial charge >= 0.3 is 0 Å². The molecule has 1 amide bonds. The molecule has 1 atom stereocenters. The SMILES string of the molecule is C=CC(=O)N1CCCC(Nc2nc(Nc3ccc(CCCCC)c(CC)c3)ncc2F)C1. The van der Waals surface area contributed by atoms with Gasteiger partial charge in [0.05, 0.1) is 6.20 Å². The lowest BCUT2D eigenvalue weighted by molar-refractivity contribution is -0.127. The van der Waals surface area contributed by atoms with E-state index in [0.717, 1.165) is 31.4 Å². The Labute approximate surface area is 190 Å². The number of halogens is 1. The van der Waals surface area contributed by atoms with E-state index >= 15 is 0 Å². The third-order valence-electron chi connectivity index (χ3n) is 5.89. The van der Waals surface area contributed by atoms with Gasteiger partial charge in [0.1, 0.15) is 0 Å². The highest BCUT2D eigenvalue weighted by atomic mass is 19.1. The monoisotopic (exact) mass is 439 g/mol. The van der Waals surface area contributed by atoms with Crippen molar-refractivity contribution in [1.82, 2.24) is 14.9 Å². The molecule has 172 valence electrons. The summed E-state index contributed by atoms with van der Waals surface area (Å²) >= 11 is 0. The van der Waals surface area contributed by atoms with Gasteiger partial charge in [-0.2, -0.15) is 4.98 Å². The Morgan fingerprint density at radius 1 is 1.31 bits per heavy atom. The number of nitrogens with zero attached hydrogens (tertiary/aromatic N) is 3. The van der Waals surface area contributed by atoms with Gasteiger partial charge in [0, 0.05) is 24.8 Å². The molecule has 1 aliphatic heterocycles. The smallest absolute Gasteiger partial charge is 0.246 e. The molecule has 6 nitrogen and oxygen atoms in total. The van der Waals surface area contributed by atoms with E-state index < -0.39 is 5.82 Å². The molecule has 32 heavy (non-hydrogen) atoms. The van der Waals surface area contributed by atoms with E-state index in [-0.39, 0.29) is 17.8 Å². The zero-order chi connectivity index (χ0) is 22.9. The summed E-state index contributed by atoms with van der Waals surface area (Å²) in [6, 6.07) is 6.24. The highest BCUT2D eigenvalue weighted by Crippen LogP contribution is 2.23. The van der Waals surface area contributed by atoms with Crippen LogP contribution >= 0.6 is 0 Å². The van der Waals surface area contributed by atoms with Crippen LogP contribution in [0.5, 0.6) is 0 Å². The number of nitrogens with one attached hydrogen (secondary N) is 2. The van der Waals surface area contributed by atoms with Crippen LogP contribution in [0.15, 0.2) is 37.1 Å². The molecule has 3 rings (SSSR count). The second kappa shape index (κ2) is 11.6. The Balaban J connectivity index is 1.69. The quantitative estimate of drug-likeness (QED) is 0.391. The molecule has 0 saturated carbocycles. The maximum Gasteiger partial charge on any atom is 0.246 e. The first-order chi connectivity index (χ1) is 15.5. The molecular formula is C25H34FN5O. The minimum Gasteiger partial charge on any atom is -0.363 e. The van der Waals surface area contributed by atoms with Crippen LogP contribution in [0.1, 0.15) is 57.1 Å². The molecular weight excluding hydrogens is 405 g/mol. The van der Waals surface area contributed by atoms with Crippen LogP contribution in [0.2, 0.25) is 0 Å². The number of carbonyl (C=O) groups is 1. The number of anilines is 3. The van der Waals surface area contributed by atoms with E-state index in [1.165, 1.54) is 42.7 Å². The van der Waals surface area contributed by atoms with Crippen LogP contribution in [0.25, 0.3) is 0 Å². The number of likely N-dealkylation sites (tertiary alicyclic amines) is 1. The zero-order valence-electron chi connectivity index (χ0n) is 19.2. The third kappa shape index (κ3) is 6.28. The summed E-state index contributed by atoms with van der Waals surface area (Å²) in [4.78, 5) is 22.1. The minimum absolute atomic E-state index is 0.0704. The minimum atomic E-state index is -0.511. The Morgan fingerprint density at radius 3 is 2.91 bits per heavy atom. The number of aromatic nitrogens is 2. The van der Waals surface area contributed by atoms with Crippen LogP contribution in [0.4, 0.5) is 21.8 Å². The molecule has 0 radical (unpaired) electrons. The lowest BCUT2D eigenvalue weighted by Gasteiger charge is -2.32. The first kappa shape index (κ1) is 23.7. The van der Waals surface area contributed by atoms with Crippen LogP contribution in [-0.4, -0.2) is 39.9 Å².